The Hall–Kier alpha value is -0.690. The summed E-state index contributed by atoms with van der Waals surface area (Å²) in [7, 11) is 0. The molecule has 6 heteroatoms. The summed E-state index contributed by atoms with van der Waals surface area (Å²) in [6.45, 7) is 2.92. The highest BCUT2D eigenvalue weighted by Gasteiger charge is 2.18. The molecule has 16 heavy (non-hydrogen) atoms. The lowest BCUT2D eigenvalue weighted by molar-refractivity contribution is 0.636. The molecule has 0 saturated heterocycles. The van der Waals surface area contributed by atoms with Gasteiger partial charge < -0.3 is 0 Å². The first-order valence-electron chi connectivity index (χ1n) is 4.97. The predicted molar refractivity (Wildman–Crippen MR) is 69.1 cm³/mol. The van der Waals surface area contributed by atoms with Crippen LogP contribution in [-0.4, -0.2) is 9.78 Å². The Bertz CT molecular complexity index is 465. The van der Waals surface area contributed by atoms with Gasteiger partial charge in [-0.15, -0.1) is 11.3 Å². The lowest BCUT2D eigenvalue weighted by Crippen LogP contribution is -2.28. The van der Waals surface area contributed by atoms with Crippen LogP contribution in [0.1, 0.15) is 23.4 Å². The number of hydrogen-bond acceptors (Lipinski definition) is 4. The molecule has 0 aromatic carbocycles. The summed E-state index contributed by atoms with van der Waals surface area (Å²) >= 11 is 5.18. The average Bonchev–Trinajstić information content (AvgIpc) is 2.90. The molecule has 0 aliphatic rings. The Morgan fingerprint density at radius 3 is 3.00 bits per heavy atom. The van der Waals surface area contributed by atoms with Crippen LogP contribution >= 0.6 is 27.3 Å². The number of hydrazine groups is 1. The minimum Gasteiger partial charge on any atom is -0.273 e. The Morgan fingerprint density at radius 2 is 2.50 bits per heavy atom. The molecule has 86 valence electrons. The maximum atomic E-state index is 5.61. The van der Waals surface area contributed by atoms with Gasteiger partial charge in [0, 0.05) is 27.7 Å². The number of nitrogens with two attached hydrogens (primary N) is 1. The van der Waals surface area contributed by atoms with Gasteiger partial charge in [-0.1, -0.05) is 0 Å². The van der Waals surface area contributed by atoms with E-state index in [1.54, 1.807) is 11.3 Å². The number of aromatic nitrogens is 2. The minimum atomic E-state index is -0.00493. The van der Waals surface area contributed by atoms with E-state index in [4.69, 9.17) is 5.84 Å². The Morgan fingerprint density at radius 1 is 1.69 bits per heavy atom. The molecule has 0 saturated carbocycles. The molecule has 1 atom stereocenters. The van der Waals surface area contributed by atoms with Crippen molar-refractivity contribution in [3.05, 3.63) is 38.8 Å². The van der Waals surface area contributed by atoms with Crippen molar-refractivity contribution in [1.29, 1.82) is 0 Å². The van der Waals surface area contributed by atoms with Crippen molar-refractivity contribution in [2.45, 2.75) is 19.5 Å². The Kier molecular flexibility index (Phi) is 3.75. The maximum absolute atomic E-state index is 5.61. The molecule has 2 aromatic rings. The minimum absolute atomic E-state index is 0.00493. The molecular formula is C10H13BrN4S. The smallest absolute Gasteiger partial charge is 0.0844 e. The molecule has 0 amide bonds. The normalized spacial score (nSPS) is 12.9. The number of rotatable bonds is 4. The standard InChI is InChI=1S/C10H13BrN4S/c1-2-15-6-7(5-13-15)9(14-12)10-8(11)3-4-16-10/h3-6,9,14H,2,12H2,1H3. The summed E-state index contributed by atoms with van der Waals surface area (Å²) in [5.74, 6) is 5.61. The van der Waals surface area contributed by atoms with Gasteiger partial charge in [-0.25, -0.2) is 5.43 Å². The molecule has 0 aliphatic carbocycles. The van der Waals surface area contributed by atoms with Gasteiger partial charge in [-0.05, 0) is 34.3 Å². The van der Waals surface area contributed by atoms with Crippen LogP contribution < -0.4 is 11.3 Å². The van der Waals surface area contributed by atoms with E-state index in [0.717, 1.165) is 21.5 Å². The fraction of sp³-hybridized carbons (Fsp3) is 0.300. The van der Waals surface area contributed by atoms with E-state index in [0.29, 0.717) is 0 Å². The number of hydrogen-bond donors (Lipinski definition) is 2. The second-order valence-electron chi connectivity index (χ2n) is 3.36. The average molecular weight is 301 g/mol. The third-order valence-corrected chi connectivity index (χ3v) is 4.32. The molecular weight excluding hydrogens is 288 g/mol. The quantitative estimate of drug-likeness (QED) is 0.673. The highest BCUT2D eigenvalue weighted by molar-refractivity contribution is 9.10. The van der Waals surface area contributed by atoms with Gasteiger partial charge >= 0.3 is 0 Å². The van der Waals surface area contributed by atoms with E-state index >= 15 is 0 Å². The van der Waals surface area contributed by atoms with E-state index in [2.05, 4.69) is 33.4 Å². The summed E-state index contributed by atoms with van der Waals surface area (Å²) in [5, 5.41) is 6.29. The van der Waals surface area contributed by atoms with Crippen molar-refractivity contribution in [3.8, 4) is 0 Å². The Labute approximate surface area is 107 Å². The highest BCUT2D eigenvalue weighted by atomic mass is 79.9. The molecule has 4 nitrogen and oxygen atoms in total. The molecule has 2 rings (SSSR count). The summed E-state index contributed by atoms with van der Waals surface area (Å²) in [6.07, 6.45) is 3.86. The van der Waals surface area contributed by atoms with E-state index in [1.165, 1.54) is 0 Å². The summed E-state index contributed by atoms with van der Waals surface area (Å²) in [4.78, 5) is 1.16. The van der Waals surface area contributed by atoms with Crippen molar-refractivity contribution >= 4 is 27.3 Å². The van der Waals surface area contributed by atoms with Crippen LogP contribution in [0.3, 0.4) is 0 Å². The molecule has 3 N–H and O–H groups in total. The SMILES string of the molecule is CCn1cc(C(NN)c2sccc2Br)cn1. The summed E-state index contributed by atoms with van der Waals surface area (Å²) < 4.78 is 2.96. The molecule has 2 aromatic heterocycles. The highest BCUT2D eigenvalue weighted by Crippen LogP contribution is 2.32. The zero-order valence-corrected chi connectivity index (χ0v) is 11.3. The third-order valence-electron chi connectivity index (χ3n) is 2.38. The van der Waals surface area contributed by atoms with Crippen LogP contribution in [-0.2, 0) is 6.54 Å². The Balaban J connectivity index is 2.32. The van der Waals surface area contributed by atoms with Crippen LogP contribution in [0.2, 0.25) is 0 Å². The zero-order valence-electron chi connectivity index (χ0n) is 8.85. The van der Waals surface area contributed by atoms with Gasteiger partial charge in [0.2, 0.25) is 0 Å². The first-order valence-corrected chi connectivity index (χ1v) is 6.65. The van der Waals surface area contributed by atoms with Gasteiger partial charge in [-0.2, -0.15) is 5.10 Å². The molecule has 0 radical (unpaired) electrons. The number of aryl methyl sites for hydroxylation is 1. The van der Waals surface area contributed by atoms with Gasteiger partial charge in [0.25, 0.3) is 0 Å². The summed E-state index contributed by atoms with van der Waals surface area (Å²) in [6, 6.07) is 2.02. The van der Waals surface area contributed by atoms with Gasteiger partial charge in [0.15, 0.2) is 0 Å². The molecule has 2 heterocycles. The van der Waals surface area contributed by atoms with Crippen LogP contribution in [0.15, 0.2) is 28.3 Å². The monoisotopic (exact) mass is 300 g/mol. The van der Waals surface area contributed by atoms with Crippen molar-refractivity contribution in [1.82, 2.24) is 15.2 Å². The third kappa shape index (κ3) is 2.20. The van der Waals surface area contributed by atoms with E-state index < -0.39 is 0 Å². The molecule has 0 aliphatic heterocycles. The maximum Gasteiger partial charge on any atom is 0.0844 e. The first kappa shape index (κ1) is 11.8. The van der Waals surface area contributed by atoms with Crippen LogP contribution in [0.4, 0.5) is 0 Å². The van der Waals surface area contributed by atoms with E-state index in [1.807, 2.05) is 28.5 Å². The van der Waals surface area contributed by atoms with E-state index in [9.17, 15) is 0 Å². The van der Waals surface area contributed by atoms with Crippen molar-refractivity contribution in [2.75, 3.05) is 0 Å². The van der Waals surface area contributed by atoms with Crippen molar-refractivity contribution in [2.24, 2.45) is 5.84 Å². The summed E-state index contributed by atoms with van der Waals surface area (Å²) in [5.41, 5.74) is 3.90. The van der Waals surface area contributed by atoms with Crippen molar-refractivity contribution < 1.29 is 0 Å². The lowest BCUT2D eigenvalue weighted by atomic mass is 10.1. The number of halogens is 1. The second-order valence-corrected chi connectivity index (χ2v) is 5.16. The van der Waals surface area contributed by atoms with E-state index in [-0.39, 0.29) is 6.04 Å². The first-order chi connectivity index (χ1) is 7.76. The van der Waals surface area contributed by atoms with Crippen LogP contribution in [0, 0.1) is 0 Å². The van der Waals surface area contributed by atoms with Gasteiger partial charge in [-0.3, -0.25) is 10.5 Å². The molecule has 0 spiro atoms. The lowest BCUT2D eigenvalue weighted by Gasteiger charge is -2.12. The van der Waals surface area contributed by atoms with Crippen LogP contribution in [0.5, 0.6) is 0 Å². The van der Waals surface area contributed by atoms with Crippen molar-refractivity contribution in [3.63, 3.8) is 0 Å². The largest absolute Gasteiger partial charge is 0.273 e. The fourth-order valence-corrected chi connectivity index (χ4v) is 3.22. The molecule has 0 bridgehead atoms. The topological polar surface area (TPSA) is 55.9 Å². The van der Waals surface area contributed by atoms with Crippen LogP contribution in [0.25, 0.3) is 0 Å². The number of thiophene rings is 1. The number of nitrogens with one attached hydrogen (secondary N) is 1. The van der Waals surface area contributed by atoms with Gasteiger partial charge in [0.1, 0.15) is 0 Å². The second kappa shape index (κ2) is 5.09. The number of nitrogens with zero attached hydrogens (tertiary/aromatic N) is 2. The predicted octanol–water partition coefficient (Wildman–Crippen LogP) is 2.28. The van der Waals surface area contributed by atoms with Gasteiger partial charge in [0.05, 0.1) is 12.2 Å². The zero-order chi connectivity index (χ0) is 11.5. The fourth-order valence-electron chi connectivity index (χ4n) is 1.54. The molecule has 0 fully saturated rings. The molecule has 1 unspecified atom stereocenters.